The highest BCUT2D eigenvalue weighted by molar-refractivity contribution is 5.78. The average molecular weight is 110 g/mol. The van der Waals surface area contributed by atoms with Crippen molar-refractivity contribution in [3.8, 4) is 0 Å². The summed E-state index contributed by atoms with van der Waals surface area (Å²) in [4.78, 5) is 9.96. The van der Waals surface area contributed by atoms with Crippen LogP contribution in [-0.2, 0) is 4.79 Å². The Bertz CT molecular complexity index is 131. The summed E-state index contributed by atoms with van der Waals surface area (Å²) in [7, 11) is 0. The first-order valence-electron chi connectivity index (χ1n) is 2.49. The molecule has 8 heavy (non-hydrogen) atoms. The van der Waals surface area contributed by atoms with Gasteiger partial charge < -0.3 is 0 Å². The van der Waals surface area contributed by atoms with Gasteiger partial charge in [-0.1, -0.05) is 12.7 Å². The molecule has 0 unspecified atom stereocenters. The van der Waals surface area contributed by atoms with Gasteiger partial charge >= 0.3 is 0 Å². The first-order valence-corrected chi connectivity index (χ1v) is 2.49. The van der Waals surface area contributed by atoms with Crippen LogP contribution in [0.25, 0.3) is 0 Å². The van der Waals surface area contributed by atoms with Crippen molar-refractivity contribution in [3.63, 3.8) is 0 Å². The molecule has 0 aromatic heterocycles. The largest absolute Gasteiger partial charge is 0.298 e. The fourth-order valence-corrected chi connectivity index (χ4v) is 0.278. The monoisotopic (exact) mass is 110 g/mol. The Kier molecular flexibility index (Phi) is 2.85. The van der Waals surface area contributed by atoms with Gasteiger partial charge in [-0.2, -0.15) is 0 Å². The molecule has 0 amide bonds. The van der Waals surface area contributed by atoms with Crippen LogP contribution in [0.1, 0.15) is 13.8 Å². The van der Waals surface area contributed by atoms with E-state index >= 15 is 0 Å². The van der Waals surface area contributed by atoms with E-state index in [-0.39, 0.29) is 0 Å². The third-order valence-electron chi connectivity index (χ3n) is 1.08. The van der Waals surface area contributed by atoms with Crippen molar-refractivity contribution in [3.05, 3.63) is 23.8 Å². The van der Waals surface area contributed by atoms with Crippen molar-refractivity contribution >= 4 is 6.29 Å². The van der Waals surface area contributed by atoms with Gasteiger partial charge in [0.05, 0.1) is 0 Å². The summed E-state index contributed by atoms with van der Waals surface area (Å²) in [5.41, 5.74) is 1.51. The maximum atomic E-state index is 9.96. The molecule has 0 saturated heterocycles. The average Bonchev–Trinajstić information content (AvgIpc) is 1.84. The van der Waals surface area contributed by atoms with Crippen molar-refractivity contribution in [1.82, 2.24) is 0 Å². The molecule has 0 aliphatic carbocycles. The number of hydrogen-bond donors (Lipinski definition) is 0. The van der Waals surface area contributed by atoms with E-state index < -0.39 is 0 Å². The predicted molar refractivity (Wildman–Crippen MR) is 34.6 cm³/mol. The van der Waals surface area contributed by atoms with E-state index in [9.17, 15) is 4.79 Å². The lowest BCUT2D eigenvalue weighted by atomic mass is 10.1. The van der Waals surface area contributed by atoms with E-state index in [4.69, 9.17) is 0 Å². The van der Waals surface area contributed by atoms with Crippen LogP contribution in [0.3, 0.4) is 0 Å². The van der Waals surface area contributed by atoms with E-state index in [1.54, 1.807) is 0 Å². The first-order chi connectivity index (χ1) is 3.72. The quantitative estimate of drug-likeness (QED) is 0.300. The Hall–Kier alpha value is -0.850. The van der Waals surface area contributed by atoms with Crippen LogP contribution in [-0.4, -0.2) is 6.29 Å². The summed E-state index contributed by atoms with van der Waals surface area (Å²) in [6, 6.07) is 0. The van der Waals surface area contributed by atoms with Crippen molar-refractivity contribution in [2.45, 2.75) is 13.8 Å². The van der Waals surface area contributed by atoms with E-state index in [1.807, 2.05) is 19.9 Å². The molecule has 0 aromatic carbocycles. The standard InChI is InChI=1S/C7H10O/c1-4-6(2)7(3)5-8/h4-5H,3H2,1-2H3. The van der Waals surface area contributed by atoms with Crippen LogP contribution in [0.15, 0.2) is 23.8 Å². The van der Waals surface area contributed by atoms with Crippen LogP contribution >= 0.6 is 0 Å². The molecule has 0 spiro atoms. The zero-order chi connectivity index (χ0) is 6.57. The fourth-order valence-electron chi connectivity index (χ4n) is 0.278. The molecule has 0 saturated carbocycles. The molecule has 0 fully saturated rings. The zero-order valence-corrected chi connectivity index (χ0v) is 5.27. The van der Waals surface area contributed by atoms with Gasteiger partial charge in [0.2, 0.25) is 0 Å². The number of carbonyl (C=O) groups excluding carboxylic acids is 1. The van der Waals surface area contributed by atoms with E-state index in [0.29, 0.717) is 5.57 Å². The lowest BCUT2D eigenvalue weighted by Crippen LogP contribution is -1.81. The summed E-state index contributed by atoms with van der Waals surface area (Å²) >= 11 is 0. The molecule has 0 heterocycles. The molecule has 0 bridgehead atoms. The number of aldehydes is 1. The van der Waals surface area contributed by atoms with Gasteiger partial charge in [-0.15, -0.1) is 0 Å². The number of rotatable bonds is 2. The summed E-state index contributed by atoms with van der Waals surface area (Å²) in [6.45, 7) is 7.24. The highest BCUT2D eigenvalue weighted by Crippen LogP contribution is 2.00. The van der Waals surface area contributed by atoms with Gasteiger partial charge in [-0.3, -0.25) is 4.79 Å². The fraction of sp³-hybridized carbons (Fsp3) is 0.286. The van der Waals surface area contributed by atoms with E-state index in [0.717, 1.165) is 11.9 Å². The maximum Gasteiger partial charge on any atom is 0.149 e. The Labute approximate surface area is 49.7 Å². The number of allylic oxidation sites excluding steroid dienone is 3. The summed E-state index contributed by atoms with van der Waals surface area (Å²) in [5, 5.41) is 0. The lowest BCUT2D eigenvalue weighted by molar-refractivity contribution is -0.104. The molecule has 0 aromatic rings. The second kappa shape index (κ2) is 3.19. The predicted octanol–water partition coefficient (Wildman–Crippen LogP) is 1.71. The molecule has 0 atom stereocenters. The van der Waals surface area contributed by atoms with Gasteiger partial charge in [0.25, 0.3) is 0 Å². The van der Waals surface area contributed by atoms with Crippen LogP contribution in [0, 0.1) is 0 Å². The summed E-state index contributed by atoms with van der Waals surface area (Å²) < 4.78 is 0. The maximum absolute atomic E-state index is 9.96. The van der Waals surface area contributed by atoms with Crippen molar-refractivity contribution in [1.29, 1.82) is 0 Å². The number of carbonyl (C=O) groups is 1. The molecule has 0 radical (unpaired) electrons. The summed E-state index contributed by atoms with van der Waals surface area (Å²) in [5.74, 6) is 0. The van der Waals surface area contributed by atoms with Gasteiger partial charge in [0.15, 0.2) is 0 Å². The zero-order valence-electron chi connectivity index (χ0n) is 5.27. The smallest absolute Gasteiger partial charge is 0.149 e. The highest BCUT2D eigenvalue weighted by Gasteiger charge is 1.88. The van der Waals surface area contributed by atoms with Crippen LogP contribution in [0.5, 0.6) is 0 Å². The molecule has 0 aliphatic heterocycles. The van der Waals surface area contributed by atoms with Crippen molar-refractivity contribution < 1.29 is 4.79 Å². The molecular formula is C7H10O. The minimum Gasteiger partial charge on any atom is -0.298 e. The molecule has 44 valence electrons. The molecule has 0 N–H and O–H groups in total. The Morgan fingerprint density at radius 1 is 1.62 bits per heavy atom. The molecule has 1 heteroatoms. The van der Waals surface area contributed by atoms with Gasteiger partial charge in [0, 0.05) is 5.57 Å². The second-order valence-corrected chi connectivity index (χ2v) is 1.61. The Morgan fingerprint density at radius 3 is 2.25 bits per heavy atom. The van der Waals surface area contributed by atoms with E-state index in [1.165, 1.54) is 0 Å². The Morgan fingerprint density at radius 2 is 2.12 bits per heavy atom. The number of hydrogen-bond acceptors (Lipinski definition) is 1. The minimum absolute atomic E-state index is 0.563. The molecule has 0 aliphatic rings. The van der Waals surface area contributed by atoms with Gasteiger partial charge in [-0.05, 0) is 19.4 Å². The third kappa shape index (κ3) is 1.73. The first kappa shape index (κ1) is 7.15. The Balaban J connectivity index is 4.03. The van der Waals surface area contributed by atoms with Crippen molar-refractivity contribution in [2.24, 2.45) is 0 Å². The van der Waals surface area contributed by atoms with E-state index in [2.05, 4.69) is 6.58 Å². The lowest BCUT2D eigenvalue weighted by Gasteiger charge is -1.91. The SMILES string of the molecule is C=C(C=O)C(C)=CC. The highest BCUT2D eigenvalue weighted by atomic mass is 16.1. The van der Waals surface area contributed by atoms with Gasteiger partial charge in [-0.25, -0.2) is 0 Å². The van der Waals surface area contributed by atoms with Crippen LogP contribution < -0.4 is 0 Å². The minimum atomic E-state index is 0.563. The normalized spacial score (nSPS) is 11.0. The second-order valence-electron chi connectivity index (χ2n) is 1.61. The topological polar surface area (TPSA) is 17.1 Å². The van der Waals surface area contributed by atoms with Crippen LogP contribution in [0.4, 0.5) is 0 Å². The molecular weight excluding hydrogens is 100 g/mol. The third-order valence-corrected chi connectivity index (χ3v) is 1.08. The molecule has 0 rings (SSSR count). The van der Waals surface area contributed by atoms with Crippen LogP contribution in [0.2, 0.25) is 0 Å². The summed E-state index contributed by atoms with van der Waals surface area (Å²) in [6.07, 6.45) is 2.62. The van der Waals surface area contributed by atoms with Gasteiger partial charge in [0.1, 0.15) is 6.29 Å². The van der Waals surface area contributed by atoms with Crippen molar-refractivity contribution in [2.75, 3.05) is 0 Å². The molecule has 1 nitrogen and oxygen atoms in total.